The summed E-state index contributed by atoms with van der Waals surface area (Å²) in [6, 6.07) is 4.28. The summed E-state index contributed by atoms with van der Waals surface area (Å²) < 4.78 is 43.1. The molecule has 114 valence electrons. The van der Waals surface area contributed by atoms with Crippen LogP contribution in [0.2, 0.25) is 0 Å². The molecule has 1 aromatic carbocycles. The highest BCUT2D eigenvalue weighted by molar-refractivity contribution is 5.55. The molecular formula is C14H16F3N3O. The van der Waals surface area contributed by atoms with Crippen molar-refractivity contribution in [3.63, 3.8) is 0 Å². The molecule has 1 heterocycles. The molecule has 0 bridgehead atoms. The van der Waals surface area contributed by atoms with Crippen LogP contribution in [0.5, 0.6) is 0 Å². The van der Waals surface area contributed by atoms with Gasteiger partial charge in [0.25, 0.3) is 0 Å². The quantitative estimate of drug-likeness (QED) is 0.916. The summed E-state index contributed by atoms with van der Waals surface area (Å²) in [5, 5.41) is 3.71. The molecule has 0 amide bonds. The van der Waals surface area contributed by atoms with E-state index in [-0.39, 0.29) is 22.7 Å². The van der Waals surface area contributed by atoms with Crippen molar-refractivity contribution < 1.29 is 17.7 Å². The van der Waals surface area contributed by atoms with E-state index in [2.05, 4.69) is 10.1 Å². The minimum Gasteiger partial charge on any atom is -0.337 e. The summed E-state index contributed by atoms with van der Waals surface area (Å²) in [6.07, 6.45) is -4.41. The molecular weight excluding hydrogens is 283 g/mol. The van der Waals surface area contributed by atoms with Gasteiger partial charge < -0.3 is 10.3 Å². The molecule has 4 nitrogen and oxygen atoms in total. The lowest BCUT2D eigenvalue weighted by Gasteiger charge is -2.23. The molecule has 2 N–H and O–H groups in total. The highest BCUT2D eigenvalue weighted by atomic mass is 19.4. The zero-order chi connectivity index (χ0) is 15.8. The monoisotopic (exact) mass is 299 g/mol. The van der Waals surface area contributed by atoms with Crippen LogP contribution in [0.25, 0.3) is 11.4 Å². The Morgan fingerprint density at radius 2 is 1.86 bits per heavy atom. The molecule has 21 heavy (non-hydrogen) atoms. The molecule has 2 aromatic rings. The lowest BCUT2D eigenvalue weighted by molar-refractivity contribution is -0.137. The van der Waals surface area contributed by atoms with Gasteiger partial charge in [-0.3, -0.25) is 0 Å². The lowest BCUT2D eigenvalue weighted by atomic mass is 9.87. The normalized spacial score (nSPS) is 14.2. The predicted molar refractivity (Wildman–Crippen MR) is 71.1 cm³/mol. The van der Waals surface area contributed by atoms with Crippen LogP contribution in [0, 0.1) is 5.41 Å². The fourth-order valence-corrected chi connectivity index (χ4v) is 1.68. The van der Waals surface area contributed by atoms with E-state index in [1.54, 1.807) is 0 Å². The summed E-state index contributed by atoms with van der Waals surface area (Å²) in [6.45, 7) is 5.73. The molecule has 0 unspecified atom stereocenters. The predicted octanol–water partition coefficient (Wildman–Crippen LogP) is 3.80. The highest BCUT2D eigenvalue weighted by Gasteiger charge is 2.31. The third-order valence-electron chi connectivity index (χ3n) is 3.09. The van der Waals surface area contributed by atoms with Gasteiger partial charge in [0.15, 0.2) is 0 Å². The number of rotatable bonds is 2. The second-order valence-corrected chi connectivity index (χ2v) is 5.88. The first-order valence-electron chi connectivity index (χ1n) is 6.36. The molecule has 0 aliphatic rings. The smallest absolute Gasteiger partial charge is 0.337 e. The summed E-state index contributed by atoms with van der Waals surface area (Å²) in [5.74, 6) is 0.297. The van der Waals surface area contributed by atoms with Crippen molar-refractivity contribution in [2.24, 2.45) is 11.1 Å². The van der Waals surface area contributed by atoms with Gasteiger partial charge >= 0.3 is 6.18 Å². The lowest BCUT2D eigenvalue weighted by Crippen LogP contribution is -2.26. The standard InChI is InChI=1S/C14H16F3N3O/c1-13(2,3)10(18)12-19-11(20-21-12)8-5-4-6-9(7-8)14(15,16)17/h4-7,10H,18H2,1-3H3/t10-/m1/s1. The molecule has 1 aromatic heterocycles. The number of aromatic nitrogens is 2. The fourth-order valence-electron chi connectivity index (χ4n) is 1.68. The summed E-state index contributed by atoms with van der Waals surface area (Å²) in [4.78, 5) is 4.10. The third kappa shape index (κ3) is 3.41. The number of nitrogens with zero attached hydrogens (tertiary/aromatic N) is 2. The fraction of sp³-hybridized carbons (Fsp3) is 0.429. The second kappa shape index (κ2) is 5.14. The van der Waals surface area contributed by atoms with Crippen molar-refractivity contribution >= 4 is 0 Å². The van der Waals surface area contributed by atoms with Gasteiger partial charge in [0.1, 0.15) is 0 Å². The Kier molecular flexibility index (Phi) is 3.79. The average molecular weight is 299 g/mol. The van der Waals surface area contributed by atoms with Crippen molar-refractivity contribution in [3.8, 4) is 11.4 Å². The van der Waals surface area contributed by atoms with Crippen molar-refractivity contribution in [3.05, 3.63) is 35.7 Å². The number of benzene rings is 1. The molecule has 0 radical (unpaired) electrons. The number of alkyl halides is 3. The van der Waals surface area contributed by atoms with E-state index >= 15 is 0 Å². The first-order valence-corrected chi connectivity index (χ1v) is 6.36. The number of hydrogen-bond donors (Lipinski definition) is 1. The zero-order valence-electron chi connectivity index (χ0n) is 11.9. The molecule has 7 heteroatoms. The summed E-state index contributed by atoms with van der Waals surface area (Å²) in [7, 11) is 0. The van der Waals surface area contributed by atoms with Gasteiger partial charge in [-0.1, -0.05) is 38.1 Å². The Bertz CT molecular complexity index is 629. The highest BCUT2D eigenvalue weighted by Crippen LogP contribution is 2.33. The number of halogens is 3. The van der Waals surface area contributed by atoms with Crippen molar-refractivity contribution in [1.82, 2.24) is 10.1 Å². The van der Waals surface area contributed by atoms with Crippen LogP contribution in [-0.2, 0) is 6.18 Å². The number of hydrogen-bond acceptors (Lipinski definition) is 4. The summed E-state index contributed by atoms with van der Waals surface area (Å²) >= 11 is 0. The van der Waals surface area contributed by atoms with Crippen LogP contribution in [0.3, 0.4) is 0 Å². The Hall–Kier alpha value is -1.89. The molecule has 0 saturated heterocycles. The van der Waals surface area contributed by atoms with Crippen LogP contribution in [0.15, 0.2) is 28.8 Å². The Morgan fingerprint density at radius 3 is 2.43 bits per heavy atom. The maximum Gasteiger partial charge on any atom is 0.416 e. The van der Waals surface area contributed by atoms with E-state index in [9.17, 15) is 13.2 Å². The van der Waals surface area contributed by atoms with Crippen molar-refractivity contribution in [1.29, 1.82) is 0 Å². The van der Waals surface area contributed by atoms with Crippen molar-refractivity contribution in [2.75, 3.05) is 0 Å². The van der Waals surface area contributed by atoms with Gasteiger partial charge in [-0.25, -0.2) is 0 Å². The van der Waals surface area contributed by atoms with Gasteiger partial charge in [-0.15, -0.1) is 0 Å². The van der Waals surface area contributed by atoms with Crippen LogP contribution in [-0.4, -0.2) is 10.1 Å². The molecule has 0 spiro atoms. The summed E-state index contributed by atoms with van der Waals surface area (Å²) in [5.41, 5.74) is 5.17. The van der Waals surface area contributed by atoms with Gasteiger partial charge in [0, 0.05) is 5.56 Å². The Labute approximate surface area is 120 Å². The third-order valence-corrected chi connectivity index (χ3v) is 3.09. The van der Waals surface area contributed by atoms with Gasteiger partial charge in [-0.05, 0) is 17.5 Å². The van der Waals surface area contributed by atoms with Crippen LogP contribution >= 0.6 is 0 Å². The maximum atomic E-state index is 12.7. The molecule has 0 fully saturated rings. The van der Waals surface area contributed by atoms with E-state index in [1.165, 1.54) is 12.1 Å². The van der Waals surface area contributed by atoms with E-state index in [1.807, 2.05) is 20.8 Å². The largest absolute Gasteiger partial charge is 0.416 e. The first kappa shape index (κ1) is 15.5. The molecule has 0 saturated carbocycles. The first-order chi connectivity index (χ1) is 9.59. The van der Waals surface area contributed by atoms with Crippen LogP contribution in [0.1, 0.15) is 38.3 Å². The number of nitrogens with two attached hydrogens (primary N) is 1. The minimum absolute atomic E-state index is 0.0933. The molecule has 0 aliphatic heterocycles. The van der Waals surface area contributed by atoms with E-state index in [4.69, 9.17) is 10.3 Å². The minimum atomic E-state index is -4.41. The van der Waals surface area contributed by atoms with Gasteiger partial charge in [0.2, 0.25) is 11.7 Å². The SMILES string of the molecule is CC(C)(C)[C@H](N)c1nc(-c2cccc(C(F)(F)F)c2)no1. The maximum absolute atomic E-state index is 12.7. The van der Waals surface area contributed by atoms with Gasteiger partial charge in [0.05, 0.1) is 11.6 Å². The molecule has 2 rings (SSSR count). The average Bonchev–Trinajstić information content (AvgIpc) is 2.85. The molecule has 1 atom stereocenters. The van der Waals surface area contributed by atoms with E-state index in [0.717, 1.165) is 12.1 Å². The van der Waals surface area contributed by atoms with E-state index < -0.39 is 17.8 Å². The molecule has 0 aliphatic carbocycles. The van der Waals surface area contributed by atoms with Crippen LogP contribution < -0.4 is 5.73 Å². The Balaban J connectivity index is 2.34. The topological polar surface area (TPSA) is 64.9 Å². The van der Waals surface area contributed by atoms with Crippen LogP contribution in [0.4, 0.5) is 13.2 Å². The van der Waals surface area contributed by atoms with Gasteiger partial charge in [-0.2, -0.15) is 18.2 Å². The Morgan fingerprint density at radius 1 is 1.19 bits per heavy atom. The van der Waals surface area contributed by atoms with E-state index in [0.29, 0.717) is 0 Å². The second-order valence-electron chi connectivity index (χ2n) is 5.88. The zero-order valence-corrected chi connectivity index (χ0v) is 11.9. The van der Waals surface area contributed by atoms with Crippen molar-refractivity contribution in [2.45, 2.75) is 33.0 Å².